The monoisotopic (exact) mass is 622 g/mol. The van der Waals surface area contributed by atoms with Gasteiger partial charge in [-0.1, -0.05) is 101 Å². The third-order valence-corrected chi connectivity index (χ3v) is 9.17. The number of Topliss-reactive ketones (excluding diaryl/α,β-unsaturated/α-hetero) is 2. The van der Waals surface area contributed by atoms with Crippen molar-refractivity contribution in [1.29, 1.82) is 0 Å². The Kier molecular flexibility index (Phi) is 7.00. The van der Waals surface area contributed by atoms with Crippen molar-refractivity contribution in [3.05, 3.63) is 115 Å². The van der Waals surface area contributed by atoms with E-state index in [2.05, 4.69) is 0 Å². The number of hydrogen-bond donors (Lipinski definition) is 1. The minimum Gasteiger partial charge on any atom is -0.392 e. The van der Waals surface area contributed by atoms with Crippen LogP contribution in [0.1, 0.15) is 48.2 Å². The van der Waals surface area contributed by atoms with Crippen molar-refractivity contribution >= 4 is 91.2 Å². The molecular formula is C31H18Cl4N2O4. The summed E-state index contributed by atoms with van der Waals surface area (Å²) in [5.41, 5.74) is 1.70. The number of hydrogen-bond acceptors (Lipinski definition) is 5. The molecule has 1 aliphatic carbocycles. The third-order valence-electron chi connectivity index (χ3n) is 7.37. The summed E-state index contributed by atoms with van der Waals surface area (Å²) in [5, 5.41) is 11.8. The number of aromatic nitrogens is 1. The van der Waals surface area contributed by atoms with Crippen LogP contribution in [-0.2, 0) is 6.61 Å². The van der Waals surface area contributed by atoms with E-state index >= 15 is 0 Å². The molecule has 1 aliphatic rings. The predicted molar refractivity (Wildman–Crippen MR) is 162 cm³/mol. The number of carbonyl (C=O) groups excluding carboxylic acids is 3. The largest absolute Gasteiger partial charge is 0.392 e. The molecule has 0 saturated heterocycles. The molecule has 0 saturated carbocycles. The lowest BCUT2D eigenvalue weighted by atomic mass is 9.97. The molecule has 4 aromatic carbocycles. The van der Waals surface area contributed by atoms with E-state index in [1.54, 1.807) is 37.4 Å². The van der Waals surface area contributed by atoms with E-state index in [0.717, 1.165) is 5.39 Å². The van der Waals surface area contributed by atoms with Crippen LogP contribution >= 0.6 is 46.4 Å². The first-order valence-electron chi connectivity index (χ1n) is 12.4. The van der Waals surface area contributed by atoms with Crippen molar-refractivity contribution in [3.63, 3.8) is 0 Å². The second-order valence-electron chi connectivity index (χ2n) is 9.60. The second kappa shape index (κ2) is 10.4. The number of carbonyl (C=O) groups is 3. The highest BCUT2D eigenvalue weighted by atomic mass is 35.5. The quantitative estimate of drug-likeness (QED) is 0.125. The van der Waals surface area contributed by atoms with Crippen LogP contribution in [0.3, 0.4) is 0 Å². The van der Waals surface area contributed by atoms with Gasteiger partial charge in [-0.3, -0.25) is 14.4 Å². The molecule has 0 fully saturated rings. The summed E-state index contributed by atoms with van der Waals surface area (Å²) in [6.07, 6.45) is 0. The van der Waals surface area contributed by atoms with Crippen LogP contribution in [0.5, 0.6) is 0 Å². The normalized spacial score (nSPS) is 13.3. The van der Waals surface area contributed by atoms with E-state index in [1.165, 1.54) is 4.90 Å². The minimum absolute atomic E-state index is 0.0870. The van der Waals surface area contributed by atoms with Gasteiger partial charge in [0.05, 0.1) is 60.3 Å². The number of pyridine rings is 1. The Morgan fingerprint density at radius 1 is 0.805 bits per heavy atom. The van der Waals surface area contributed by atoms with E-state index in [4.69, 9.17) is 51.4 Å². The molecular weight excluding hydrogens is 606 g/mol. The van der Waals surface area contributed by atoms with Gasteiger partial charge in [-0.05, 0) is 28.5 Å². The van der Waals surface area contributed by atoms with Crippen molar-refractivity contribution < 1.29 is 19.5 Å². The summed E-state index contributed by atoms with van der Waals surface area (Å²) in [5.74, 6) is -2.85. The fourth-order valence-electron chi connectivity index (χ4n) is 5.33. The number of aliphatic hydroxyl groups is 1. The number of fused-ring (bicyclic) bond motifs is 3. The number of rotatable bonds is 4. The molecule has 41 heavy (non-hydrogen) atoms. The van der Waals surface area contributed by atoms with Crippen LogP contribution in [0.4, 0.5) is 5.69 Å². The highest BCUT2D eigenvalue weighted by Gasteiger charge is 2.45. The summed E-state index contributed by atoms with van der Waals surface area (Å²) >= 11 is 25.0. The van der Waals surface area contributed by atoms with Gasteiger partial charge in [-0.25, -0.2) is 4.98 Å². The number of amides is 1. The van der Waals surface area contributed by atoms with E-state index in [0.29, 0.717) is 33.1 Å². The Labute approximate surface area is 254 Å². The van der Waals surface area contributed by atoms with Gasteiger partial charge >= 0.3 is 0 Å². The lowest BCUT2D eigenvalue weighted by Crippen LogP contribution is -2.28. The van der Waals surface area contributed by atoms with Crippen LogP contribution < -0.4 is 4.90 Å². The van der Waals surface area contributed by atoms with Gasteiger partial charge in [0.1, 0.15) is 5.92 Å². The molecule has 0 atom stereocenters. The molecule has 1 aromatic heterocycles. The maximum Gasteiger partial charge on any atom is 0.259 e. The zero-order valence-corrected chi connectivity index (χ0v) is 24.2. The van der Waals surface area contributed by atoms with E-state index in [1.807, 2.05) is 36.4 Å². The molecule has 1 amide bonds. The Morgan fingerprint density at radius 3 is 2.07 bits per heavy atom. The molecule has 0 bridgehead atoms. The first kappa shape index (κ1) is 27.6. The zero-order chi connectivity index (χ0) is 29.2. The lowest BCUT2D eigenvalue weighted by Gasteiger charge is -2.22. The first-order valence-corrected chi connectivity index (χ1v) is 13.9. The highest BCUT2D eigenvalue weighted by molar-refractivity contribution is 6.55. The Morgan fingerprint density at radius 2 is 1.41 bits per heavy atom. The average Bonchev–Trinajstić information content (AvgIpc) is 3.26. The lowest BCUT2D eigenvalue weighted by molar-refractivity contribution is 0.0887. The molecule has 0 spiro atoms. The Bertz CT molecular complexity index is 1930. The highest BCUT2D eigenvalue weighted by Crippen LogP contribution is 2.48. The van der Waals surface area contributed by atoms with E-state index < -0.39 is 17.5 Å². The zero-order valence-electron chi connectivity index (χ0n) is 21.2. The molecule has 1 N–H and O–H groups in total. The fourth-order valence-corrected chi connectivity index (χ4v) is 6.37. The smallest absolute Gasteiger partial charge is 0.259 e. The Hall–Kier alpha value is -3.52. The number of benzene rings is 4. The van der Waals surface area contributed by atoms with Crippen molar-refractivity contribution in [1.82, 2.24) is 4.98 Å². The molecule has 5 aromatic rings. The average molecular weight is 624 g/mol. The molecule has 1 heterocycles. The summed E-state index contributed by atoms with van der Waals surface area (Å²) in [7, 11) is 1.61. The standard InChI is InChI=1S/C31H18Cl4N2O4/c1-37(31(41)20-16(13-38)10-9-14-5-2-3-7-17(14)20)19-8-4-6-15-11-12-18(36-28(15)19)21-29(39)22-23(30(21)40)25(33)27(35)26(34)24(22)32/h2-12,21,38H,13H2,1H3. The van der Waals surface area contributed by atoms with Crippen molar-refractivity contribution in [3.8, 4) is 0 Å². The van der Waals surface area contributed by atoms with Gasteiger partial charge in [-0.2, -0.15) is 0 Å². The van der Waals surface area contributed by atoms with Crippen LogP contribution in [0.2, 0.25) is 20.1 Å². The molecule has 6 nitrogen and oxygen atoms in total. The molecule has 0 radical (unpaired) electrons. The number of para-hydroxylation sites is 1. The molecule has 0 aliphatic heterocycles. The topological polar surface area (TPSA) is 87.6 Å². The first-order chi connectivity index (χ1) is 19.6. The maximum absolute atomic E-state index is 13.9. The van der Waals surface area contributed by atoms with Crippen molar-refractivity contribution in [2.24, 2.45) is 0 Å². The fraction of sp³-hybridized carbons (Fsp3) is 0.0968. The number of anilines is 1. The number of ketones is 2. The second-order valence-corrected chi connectivity index (χ2v) is 11.1. The SMILES string of the molecule is CN(C(=O)c1c(CO)ccc2ccccc12)c1cccc2ccc(C3C(=O)c4c(Cl)c(Cl)c(Cl)c(Cl)c4C3=O)nc12. The van der Waals surface area contributed by atoms with Gasteiger partial charge < -0.3 is 10.0 Å². The van der Waals surface area contributed by atoms with Gasteiger partial charge in [0.2, 0.25) is 0 Å². The summed E-state index contributed by atoms with van der Waals surface area (Å²) in [4.78, 5) is 47.1. The van der Waals surface area contributed by atoms with Crippen molar-refractivity contribution in [2.75, 3.05) is 11.9 Å². The number of nitrogens with zero attached hydrogens (tertiary/aromatic N) is 2. The molecule has 6 rings (SSSR count). The summed E-state index contributed by atoms with van der Waals surface area (Å²) in [6, 6.07) is 19.6. The van der Waals surface area contributed by atoms with Gasteiger partial charge in [0, 0.05) is 12.4 Å². The predicted octanol–water partition coefficient (Wildman–Crippen LogP) is 7.93. The summed E-state index contributed by atoms with van der Waals surface area (Å²) in [6.45, 7) is -0.316. The van der Waals surface area contributed by atoms with Crippen LogP contribution in [0.15, 0.2) is 66.7 Å². The number of aliphatic hydroxyl groups excluding tert-OH is 1. The van der Waals surface area contributed by atoms with Gasteiger partial charge in [0.25, 0.3) is 5.91 Å². The minimum atomic E-state index is -1.31. The van der Waals surface area contributed by atoms with Crippen LogP contribution in [0.25, 0.3) is 21.7 Å². The van der Waals surface area contributed by atoms with Crippen LogP contribution in [0, 0.1) is 0 Å². The number of halogens is 4. The van der Waals surface area contributed by atoms with Crippen LogP contribution in [-0.4, -0.2) is 34.6 Å². The summed E-state index contributed by atoms with van der Waals surface area (Å²) < 4.78 is 0. The van der Waals surface area contributed by atoms with E-state index in [-0.39, 0.29) is 49.4 Å². The Balaban J connectivity index is 1.47. The van der Waals surface area contributed by atoms with E-state index in [9.17, 15) is 19.5 Å². The molecule has 204 valence electrons. The maximum atomic E-state index is 13.9. The van der Waals surface area contributed by atoms with Gasteiger partial charge in [0.15, 0.2) is 11.6 Å². The molecule has 10 heteroatoms. The van der Waals surface area contributed by atoms with Crippen molar-refractivity contribution in [2.45, 2.75) is 12.5 Å². The van der Waals surface area contributed by atoms with Gasteiger partial charge in [-0.15, -0.1) is 0 Å². The third kappa shape index (κ3) is 4.21. The molecule has 0 unspecified atom stereocenters.